The van der Waals surface area contributed by atoms with E-state index >= 15 is 0 Å². The SMILES string of the molecule is COc1ccc(Cn2ccc(C)c2C(=O)O)cc1C#N. The minimum Gasteiger partial charge on any atom is -0.495 e. The van der Waals surface area contributed by atoms with Gasteiger partial charge < -0.3 is 14.4 Å². The molecule has 2 rings (SSSR count). The van der Waals surface area contributed by atoms with Crippen LogP contribution in [0.15, 0.2) is 30.5 Å². The van der Waals surface area contributed by atoms with Crippen LogP contribution >= 0.6 is 0 Å². The van der Waals surface area contributed by atoms with Gasteiger partial charge in [0.25, 0.3) is 0 Å². The lowest BCUT2D eigenvalue weighted by Gasteiger charge is -2.09. The number of nitrogens with zero attached hydrogens (tertiary/aromatic N) is 2. The van der Waals surface area contributed by atoms with Crippen molar-refractivity contribution in [1.29, 1.82) is 5.26 Å². The van der Waals surface area contributed by atoms with E-state index in [-0.39, 0.29) is 5.69 Å². The van der Waals surface area contributed by atoms with E-state index in [9.17, 15) is 9.90 Å². The molecular formula is C15H14N2O3. The molecule has 0 aliphatic carbocycles. The van der Waals surface area contributed by atoms with Gasteiger partial charge in [-0.1, -0.05) is 6.07 Å². The molecule has 0 aliphatic rings. The molecule has 20 heavy (non-hydrogen) atoms. The average Bonchev–Trinajstić information content (AvgIpc) is 2.79. The predicted octanol–water partition coefficient (Wildman–Crippen LogP) is 2.42. The number of carbonyl (C=O) groups is 1. The lowest BCUT2D eigenvalue weighted by molar-refractivity contribution is 0.0685. The van der Waals surface area contributed by atoms with Gasteiger partial charge in [0.05, 0.1) is 12.7 Å². The topological polar surface area (TPSA) is 75.2 Å². The molecule has 0 fully saturated rings. The van der Waals surface area contributed by atoms with Crippen molar-refractivity contribution >= 4 is 5.97 Å². The highest BCUT2D eigenvalue weighted by molar-refractivity contribution is 5.87. The number of hydrogen-bond acceptors (Lipinski definition) is 3. The summed E-state index contributed by atoms with van der Waals surface area (Å²) in [4.78, 5) is 11.2. The van der Waals surface area contributed by atoms with Crippen molar-refractivity contribution in [2.24, 2.45) is 0 Å². The standard InChI is InChI=1S/C15H14N2O3/c1-10-5-6-17(14(10)15(18)19)9-11-3-4-13(20-2)12(7-11)8-16/h3-7H,9H2,1-2H3,(H,18,19). The minimum absolute atomic E-state index is 0.263. The van der Waals surface area contributed by atoms with Crippen molar-refractivity contribution in [3.05, 3.63) is 52.8 Å². The number of methoxy groups -OCH3 is 1. The molecule has 1 heterocycles. The van der Waals surface area contributed by atoms with Crippen molar-refractivity contribution in [2.75, 3.05) is 7.11 Å². The van der Waals surface area contributed by atoms with Crippen molar-refractivity contribution < 1.29 is 14.6 Å². The minimum atomic E-state index is -0.957. The fourth-order valence-corrected chi connectivity index (χ4v) is 2.14. The summed E-state index contributed by atoms with van der Waals surface area (Å²) < 4.78 is 6.74. The summed E-state index contributed by atoms with van der Waals surface area (Å²) in [6.07, 6.45) is 1.73. The maximum Gasteiger partial charge on any atom is 0.352 e. The van der Waals surface area contributed by atoms with Gasteiger partial charge in [-0.3, -0.25) is 0 Å². The van der Waals surface area contributed by atoms with E-state index in [1.165, 1.54) is 7.11 Å². The van der Waals surface area contributed by atoms with Crippen LogP contribution in [-0.2, 0) is 6.54 Å². The van der Waals surface area contributed by atoms with Gasteiger partial charge in [0.1, 0.15) is 17.5 Å². The fraction of sp³-hybridized carbons (Fsp3) is 0.200. The van der Waals surface area contributed by atoms with Gasteiger partial charge in [-0.15, -0.1) is 0 Å². The van der Waals surface area contributed by atoms with E-state index in [1.807, 2.05) is 6.07 Å². The van der Waals surface area contributed by atoms with Crippen molar-refractivity contribution in [1.82, 2.24) is 4.57 Å². The Morgan fingerprint density at radius 2 is 2.20 bits per heavy atom. The Hall–Kier alpha value is -2.74. The zero-order valence-electron chi connectivity index (χ0n) is 11.3. The summed E-state index contributed by atoms with van der Waals surface area (Å²) in [5, 5.41) is 18.3. The molecule has 2 aromatic rings. The first-order chi connectivity index (χ1) is 9.56. The summed E-state index contributed by atoms with van der Waals surface area (Å²) in [6, 6.07) is 9.07. The maximum atomic E-state index is 11.2. The highest BCUT2D eigenvalue weighted by Gasteiger charge is 2.14. The van der Waals surface area contributed by atoms with Gasteiger partial charge in [-0.25, -0.2) is 4.79 Å². The quantitative estimate of drug-likeness (QED) is 0.925. The van der Waals surface area contributed by atoms with E-state index < -0.39 is 5.97 Å². The monoisotopic (exact) mass is 270 g/mol. The number of nitriles is 1. The highest BCUT2D eigenvalue weighted by atomic mass is 16.5. The number of rotatable bonds is 4. The molecule has 0 bridgehead atoms. The molecule has 102 valence electrons. The number of aryl methyl sites for hydroxylation is 1. The molecule has 5 heteroatoms. The van der Waals surface area contributed by atoms with Crippen LogP contribution in [0.5, 0.6) is 5.75 Å². The lowest BCUT2D eigenvalue weighted by Crippen LogP contribution is -2.10. The van der Waals surface area contributed by atoms with Gasteiger partial charge >= 0.3 is 5.97 Å². The Morgan fingerprint density at radius 3 is 2.80 bits per heavy atom. The Kier molecular flexibility index (Phi) is 3.76. The van der Waals surface area contributed by atoms with Crippen LogP contribution in [0.1, 0.15) is 27.2 Å². The molecule has 0 unspecified atom stereocenters. The highest BCUT2D eigenvalue weighted by Crippen LogP contribution is 2.20. The largest absolute Gasteiger partial charge is 0.495 e. The van der Waals surface area contributed by atoms with Crippen LogP contribution in [0, 0.1) is 18.3 Å². The number of aromatic nitrogens is 1. The normalized spacial score (nSPS) is 10.1. The Morgan fingerprint density at radius 1 is 1.45 bits per heavy atom. The van der Waals surface area contributed by atoms with Crippen LogP contribution in [0.4, 0.5) is 0 Å². The first kappa shape index (κ1) is 13.7. The summed E-state index contributed by atoms with van der Waals surface area (Å²) in [5.41, 5.74) is 2.26. The third-order valence-corrected chi connectivity index (χ3v) is 3.11. The maximum absolute atomic E-state index is 11.2. The van der Waals surface area contributed by atoms with Crippen LogP contribution in [-0.4, -0.2) is 22.8 Å². The number of hydrogen-bond donors (Lipinski definition) is 1. The van der Waals surface area contributed by atoms with Crippen LogP contribution in [0.25, 0.3) is 0 Å². The van der Waals surface area contributed by atoms with Crippen LogP contribution in [0.3, 0.4) is 0 Å². The number of carboxylic acids is 1. The number of aromatic carboxylic acids is 1. The molecule has 1 aromatic heterocycles. The number of carboxylic acid groups (broad SMARTS) is 1. The van der Waals surface area contributed by atoms with Crippen LogP contribution < -0.4 is 4.74 Å². The van der Waals surface area contributed by atoms with Gasteiger partial charge in [0, 0.05) is 12.7 Å². The van der Waals surface area contributed by atoms with Gasteiger partial charge in [0.2, 0.25) is 0 Å². The van der Waals surface area contributed by atoms with E-state index in [4.69, 9.17) is 10.00 Å². The van der Waals surface area contributed by atoms with Gasteiger partial charge in [0.15, 0.2) is 0 Å². The van der Waals surface area contributed by atoms with Crippen molar-refractivity contribution in [3.8, 4) is 11.8 Å². The van der Waals surface area contributed by atoms with E-state index in [0.717, 1.165) is 5.56 Å². The Labute approximate surface area is 116 Å². The number of ether oxygens (including phenoxy) is 1. The van der Waals surface area contributed by atoms with Crippen LogP contribution in [0.2, 0.25) is 0 Å². The number of benzene rings is 1. The Balaban J connectivity index is 2.36. The zero-order chi connectivity index (χ0) is 14.7. The lowest BCUT2D eigenvalue weighted by atomic mass is 10.1. The first-order valence-electron chi connectivity index (χ1n) is 6.03. The molecule has 0 saturated carbocycles. The van der Waals surface area contributed by atoms with E-state index in [2.05, 4.69) is 6.07 Å². The third-order valence-electron chi connectivity index (χ3n) is 3.11. The van der Waals surface area contributed by atoms with Crippen molar-refractivity contribution in [2.45, 2.75) is 13.5 Å². The first-order valence-corrected chi connectivity index (χ1v) is 6.03. The second-order valence-electron chi connectivity index (χ2n) is 4.43. The smallest absolute Gasteiger partial charge is 0.352 e. The molecule has 0 amide bonds. The molecule has 0 spiro atoms. The molecule has 0 aliphatic heterocycles. The third kappa shape index (κ3) is 2.50. The second-order valence-corrected chi connectivity index (χ2v) is 4.43. The molecule has 0 saturated heterocycles. The summed E-state index contributed by atoms with van der Waals surface area (Å²) in [5.74, 6) is -0.445. The molecule has 1 N–H and O–H groups in total. The molecule has 5 nitrogen and oxygen atoms in total. The second kappa shape index (κ2) is 5.49. The van der Waals surface area contributed by atoms with E-state index in [0.29, 0.717) is 23.4 Å². The van der Waals surface area contributed by atoms with Gasteiger partial charge in [-0.2, -0.15) is 5.26 Å². The molecule has 0 atom stereocenters. The summed E-state index contributed by atoms with van der Waals surface area (Å²) in [6.45, 7) is 2.16. The molecule has 1 aromatic carbocycles. The molecular weight excluding hydrogens is 256 g/mol. The predicted molar refractivity (Wildman–Crippen MR) is 72.9 cm³/mol. The average molecular weight is 270 g/mol. The molecule has 0 radical (unpaired) electrons. The fourth-order valence-electron chi connectivity index (χ4n) is 2.14. The van der Waals surface area contributed by atoms with Crippen molar-refractivity contribution in [3.63, 3.8) is 0 Å². The van der Waals surface area contributed by atoms with E-state index in [1.54, 1.807) is 35.9 Å². The summed E-state index contributed by atoms with van der Waals surface area (Å²) in [7, 11) is 1.51. The zero-order valence-corrected chi connectivity index (χ0v) is 11.3. The van der Waals surface area contributed by atoms with Gasteiger partial charge in [-0.05, 0) is 36.2 Å². The summed E-state index contributed by atoms with van der Waals surface area (Å²) >= 11 is 0. The Bertz CT molecular complexity index is 696.